The van der Waals surface area contributed by atoms with Crippen LogP contribution in [-0.2, 0) is 6.18 Å². The molecule has 0 bridgehead atoms. The molecule has 1 aromatic heterocycles. The molecule has 0 unspecified atom stereocenters. The first-order valence-electron chi connectivity index (χ1n) is 7.19. The summed E-state index contributed by atoms with van der Waals surface area (Å²) in [6.07, 6.45) is -0.853. The topological polar surface area (TPSA) is 16.1 Å². The van der Waals surface area contributed by atoms with Gasteiger partial charge in [-0.05, 0) is 44.4 Å². The number of hydrogen-bond donors (Lipinski definition) is 0. The van der Waals surface area contributed by atoms with Gasteiger partial charge in [-0.15, -0.1) is 0 Å². The van der Waals surface area contributed by atoms with Crippen molar-refractivity contribution in [2.75, 3.05) is 18.0 Å². The van der Waals surface area contributed by atoms with Crippen molar-refractivity contribution in [3.8, 4) is 0 Å². The number of anilines is 1. The summed E-state index contributed by atoms with van der Waals surface area (Å²) in [7, 11) is 0. The van der Waals surface area contributed by atoms with E-state index in [4.69, 9.17) is 0 Å². The van der Waals surface area contributed by atoms with Gasteiger partial charge in [-0.25, -0.2) is 0 Å². The van der Waals surface area contributed by atoms with Gasteiger partial charge in [-0.3, -0.25) is 4.98 Å². The van der Waals surface area contributed by atoms with Crippen molar-refractivity contribution in [3.05, 3.63) is 35.5 Å². The van der Waals surface area contributed by atoms with Crippen LogP contribution in [0.15, 0.2) is 24.3 Å². The molecular formula is C16H17F3N2. The van der Waals surface area contributed by atoms with Gasteiger partial charge in [-0.1, -0.05) is 6.07 Å². The lowest BCUT2D eigenvalue weighted by Gasteiger charge is -2.30. The molecule has 0 amide bonds. The number of piperidine rings is 1. The van der Waals surface area contributed by atoms with E-state index in [9.17, 15) is 13.2 Å². The van der Waals surface area contributed by atoms with Gasteiger partial charge in [0.1, 0.15) is 0 Å². The maximum atomic E-state index is 12.8. The largest absolute Gasteiger partial charge is 0.416 e. The lowest BCUT2D eigenvalue weighted by molar-refractivity contribution is -0.137. The molecule has 1 saturated heterocycles. The monoisotopic (exact) mass is 294 g/mol. The van der Waals surface area contributed by atoms with E-state index in [2.05, 4.69) is 9.88 Å². The summed E-state index contributed by atoms with van der Waals surface area (Å²) >= 11 is 0. The zero-order valence-electron chi connectivity index (χ0n) is 11.9. The first kappa shape index (κ1) is 14.2. The van der Waals surface area contributed by atoms with E-state index in [0.717, 1.165) is 54.8 Å². The van der Waals surface area contributed by atoms with Crippen LogP contribution < -0.4 is 4.90 Å². The molecule has 112 valence electrons. The molecule has 0 aliphatic carbocycles. The Morgan fingerprint density at radius 1 is 1.05 bits per heavy atom. The van der Waals surface area contributed by atoms with Crippen molar-refractivity contribution >= 4 is 16.6 Å². The third kappa shape index (κ3) is 2.82. The molecule has 0 saturated carbocycles. The van der Waals surface area contributed by atoms with E-state index in [1.807, 2.05) is 13.0 Å². The fraction of sp³-hybridized carbons (Fsp3) is 0.438. The molecule has 1 aliphatic rings. The number of rotatable bonds is 1. The van der Waals surface area contributed by atoms with Gasteiger partial charge in [0.2, 0.25) is 0 Å². The van der Waals surface area contributed by atoms with Crippen LogP contribution in [0, 0.1) is 6.92 Å². The predicted octanol–water partition coefficient (Wildman–Crippen LogP) is 4.55. The summed E-state index contributed by atoms with van der Waals surface area (Å²) in [6, 6.07) is 5.82. The van der Waals surface area contributed by atoms with Crippen LogP contribution in [0.5, 0.6) is 0 Å². The van der Waals surface area contributed by atoms with Crippen molar-refractivity contribution < 1.29 is 13.2 Å². The third-order valence-corrected chi connectivity index (χ3v) is 3.94. The Labute approximate surface area is 121 Å². The summed E-state index contributed by atoms with van der Waals surface area (Å²) in [6.45, 7) is 3.74. The van der Waals surface area contributed by atoms with E-state index in [-0.39, 0.29) is 0 Å². The maximum absolute atomic E-state index is 12.8. The molecule has 0 radical (unpaired) electrons. The Hall–Kier alpha value is -1.78. The first-order chi connectivity index (χ1) is 9.95. The van der Waals surface area contributed by atoms with Gasteiger partial charge in [-0.2, -0.15) is 13.2 Å². The zero-order valence-corrected chi connectivity index (χ0v) is 11.9. The molecule has 2 aromatic rings. The number of alkyl halides is 3. The Kier molecular flexibility index (Phi) is 3.51. The number of fused-ring (bicyclic) bond motifs is 1. The van der Waals surface area contributed by atoms with Crippen LogP contribution in [0.25, 0.3) is 10.9 Å². The third-order valence-electron chi connectivity index (χ3n) is 3.94. The Balaban J connectivity index is 2.12. The molecule has 3 rings (SSSR count). The second-order valence-electron chi connectivity index (χ2n) is 5.56. The van der Waals surface area contributed by atoms with Gasteiger partial charge in [0.25, 0.3) is 0 Å². The van der Waals surface area contributed by atoms with E-state index in [1.165, 1.54) is 6.42 Å². The van der Waals surface area contributed by atoms with Crippen molar-refractivity contribution in [3.63, 3.8) is 0 Å². The maximum Gasteiger partial charge on any atom is 0.416 e. The fourth-order valence-electron chi connectivity index (χ4n) is 2.91. The quantitative estimate of drug-likeness (QED) is 0.767. The second-order valence-corrected chi connectivity index (χ2v) is 5.56. The minimum absolute atomic E-state index is 0.422. The highest BCUT2D eigenvalue weighted by Gasteiger charge is 2.31. The lowest BCUT2D eigenvalue weighted by Crippen LogP contribution is -2.29. The Morgan fingerprint density at radius 3 is 2.43 bits per heavy atom. The van der Waals surface area contributed by atoms with Gasteiger partial charge in [0, 0.05) is 29.9 Å². The minimum atomic E-state index is -4.33. The molecule has 1 aromatic carbocycles. The lowest BCUT2D eigenvalue weighted by atomic mass is 10.1. The summed E-state index contributed by atoms with van der Waals surface area (Å²) in [5.74, 6) is 0. The number of halogens is 3. The van der Waals surface area contributed by atoms with Crippen LogP contribution in [0.2, 0.25) is 0 Å². The van der Waals surface area contributed by atoms with Crippen LogP contribution in [0.3, 0.4) is 0 Å². The number of aryl methyl sites for hydroxylation is 1. The molecule has 2 heterocycles. The molecule has 5 heteroatoms. The van der Waals surface area contributed by atoms with Gasteiger partial charge in [0.15, 0.2) is 0 Å². The summed E-state index contributed by atoms with van der Waals surface area (Å²) in [5, 5.41) is 0.801. The van der Waals surface area contributed by atoms with Crippen molar-refractivity contribution in [1.29, 1.82) is 0 Å². The Morgan fingerprint density at radius 2 is 1.76 bits per heavy atom. The number of hydrogen-bond acceptors (Lipinski definition) is 2. The number of pyridine rings is 1. The molecule has 0 N–H and O–H groups in total. The second kappa shape index (κ2) is 5.20. The summed E-state index contributed by atoms with van der Waals surface area (Å²) in [4.78, 5) is 6.54. The van der Waals surface area contributed by atoms with E-state index in [1.54, 1.807) is 6.07 Å². The van der Waals surface area contributed by atoms with E-state index < -0.39 is 11.7 Å². The summed E-state index contributed by atoms with van der Waals surface area (Å²) < 4.78 is 38.5. The van der Waals surface area contributed by atoms with Crippen LogP contribution in [0.4, 0.5) is 18.9 Å². The molecular weight excluding hydrogens is 277 g/mol. The van der Waals surface area contributed by atoms with Crippen molar-refractivity contribution in [2.24, 2.45) is 0 Å². The minimum Gasteiger partial charge on any atom is -0.371 e. The first-order valence-corrected chi connectivity index (χ1v) is 7.19. The molecule has 21 heavy (non-hydrogen) atoms. The molecule has 1 fully saturated rings. The van der Waals surface area contributed by atoms with Gasteiger partial charge >= 0.3 is 6.18 Å². The molecule has 1 aliphatic heterocycles. The van der Waals surface area contributed by atoms with E-state index in [0.29, 0.717) is 5.52 Å². The number of benzene rings is 1. The highest BCUT2D eigenvalue weighted by Crippen LogP contribution is 2.34. The van der Waals surface area contributed by atoms with Crippen LogP contribution in [0.1, 0.15) is 30.5 Å². The predicted molar refractivity (Wildman–Crippen MR) is 77.5 cm³/mol. The SMILES string of the molecule is Cc1cc(N2CCCCC2)c2ccc(C(F)(F)F)cc2n1. The van der Waals surface area contributed by atoms with Crippen molar-refractivity contribution in [1.82, 2.24) is 4.98 Å². The standard InChI is InChI=1S/C16H17F3N2/c1-11-9-15(21-7-3-2-4-8-21)13-6-5-12(16(17,18)19)10-14(13)20-11/h5-6,9-10H,2-4,7-8H2,1H3. The highest BCUT2D eigenvalue weighted by molar-refractivity contribution is 5.92. The average molecular weight is 294 g/mol. The molecule has 2 nitrogen and oxygen atoms in total. The number of aromatic nitrogens is 1. The van der Waals surface area contributed by atoms with Crippen LogP contribution in [-0.4, -0.2) is 18.1 Å². The van der Waals surface area contributed by atoms with Gasteiger partial charge < -0.3 is 4.90 Å². The average Bonchev–Trinajstić information content (AvgIpc) is 2.45. The van der Waals surface area contributed by atoms with Gasteiger partial charge in [0.05, 0.1) is 11.1 Å². The highest BCUT2D eigenvalue weighted by atomic mass is 19.4. The Bertz CT molecular complexity index is 658. The number of nitrogens with zero attached hydrogens (tertiary/aromatic N) is 2. The zero-order chi connectivity index (χ0) is 15.0. The van der Waals surface area contributed by atoms with E-state index >= 15 is 0 Å². The fourth-order valence-corrected chi connectivity index (χ4v) is 2.91. The smallest absolute Gasteiger partial charge is 0.371 e. The molecule has 0 spiro atoms. The van der Waals surface area contributed by atoms with Crippen LogP contribution >= 0.6 is 0 Å². The molecule has 0 atom stereocenters. The summed E-state index contributed by atoms with van der Waals surface area (Å²) in [5.41, 5.74) is 1.54. The van der Waals surface area contributed by atoms with Crippen molar-refractivity contribution in [2.45, 2.75) is 32.4 Å². The normalized spacial score (nSPS) is 16.5.